The summed E-state index contributed by atoms with van der Waals surface area (Å²) in [6, 6.07) is 18.1. The highest BCUT2D eigenvalue weighted by Crippen LogP contribution is 2.33. The van der Waals surface area contributed by atoms with Crippen molar-refractivity contribution in [3.8, 4) is 0 Å². The molecule has 0 unspecified atom stereocenters. The lowest BCUT2D eigenvalue weighted by Gasteiger charge is -2.32. The van der Waals surface area contributed by atoms with Crippen LogP contribution in [-0.2, 0) is 16.6 Å². The van der Waals surface area contributed by atoms with Gasteiger partial charge in [0.2, 0.25) is 10.0 Å². The smallest absolute Gasteiger partial charge is 0.240 e. The highest BCUT2D eigenvalue weighted by atomic mass is 32.2. The molecule has 1 N–H and O–H groups in total. The Morgan fingerprint density at radius 3 is 2.14 bits per heavy atom. The van der Waals surface area contributed by atoms with Gasteiger partial charge in [0.1, 0.15) is 0 Å². The van der Waals surface area contributed by atoms with Gasteiger partial charge in [0.25, 0.3) is 0 Å². The Morgan fingerprint density at radius 1 is 0.828 bits per heavy atom. The normalized spacial score (nSPS) is 20.0. The average Bonchev–Trinajstić information content (AvgIpc) is 2.76. The second-order valence-electron chi connectivity index (χ2n) is 8.56. The van der Waals surface area contributed by atoms with E-state index in [0.717, 1.165) is 32.5 Å². The van der Waals surface area contributed by atoms with Crippen molar-refractivity contribution in [2.75, 3.05) is 13.1 Å². The lowest BCUT2D eigenvalue weighted by molar-refractivity contribution is 0.200. The van der Waals surface area contributed by atoms with Crippen molar-refractivity contribution in [2.45, 2.75) is 68.3 Å². The number of sulfonamides is 1. The molecule has 4 rings (SSSR count). The van der Waals surface area contributed by atoms with Gasteiger partial charge in [-0.05, 0) is 54.9 Å². The Bertz CT molecular complexity index is 867. The maximum absolute atomic E-state index is 12.8. The summed E-state index contributed by atoms with van der Waals surface area (Å²) < 4.78 is 28.6. The Kier molecular flexibility index (Phi) is 6.68. The van der Waals surface area contributed by atoms with Crippen molar-refractivity contribution in [1.82, 2.24) is 9.62 Å². The second kappa shape index (κ2) is 9.41. The van der Waals surface area contributed by atoms with Crippen LogP contribution in [0.15, 0.2) is 59.5 Å². The van der Waals surface area contributed by atoms with Crippen LogP contribution in [0.25, 0.3) is 0 Å². The minimum Gasteiger partial charge on any atom is -0.299 e. The molecule has 0 radical (unpaired) electrons. The molecule has 1 aliphatic heterocycles. The van der Waals surface area contributed by atoms with Gasteiger partial charge in [-0.2, -0.15) is 0 Å². The number of benzene rings is 2. The molecular formula is C24H32N2O2S. The van der Waals surface area contributed by atoms with Crippen LogP contribution in [0, 0.1) is 0 Å². The fourth-order valence-electron chi connectivity index (χ4n) is 4.69. The standard InChI is InChI=1S/C24H32N2O2S/c27-29(28,24-13-11-22(12-14-24)21-9-5-2-6-10-21)25-23-15-17-26(18-16-23)19-20-7-3-1-4-8-20/h1,3-4,7-8,11-14,21,23,25H,2,5-6,9-10,15-19H2. The predicted molar refractivity (Wildman–Crippen MR) is 117 cm³/mol. The van der Waals surface area contributed by atoms with E-state index in [1.54, 1.807) is 12.1 Å². The zero-order valence-corrected chi connectivity index (χ0v) is 17.9. The molecule has 4 nitrogen and oxygen atoms in total. The molecule has 1 aliphatic carbocycles. The molecule has 0 spiro atoms. The van der Waals surface area contributed by atoms with Crippen LogP contribution < -0.4 is 4.72 Å². The van der Waals surface area contributed by atoms with Crippen molar-refractivity contribution >= 4 is 10.0 Å². The van der Waals surface area contributed by atoms with Crippen LogP contribution in [0.4, 0.5) is 0 Å². The molecule has 1 saturated carbocycles. The zero-order valence-electron chi connectivity index (χ0n) is 17.1. The van der Waals surface area contributed by atoms with Gasteiger partial charge >= 0.3 is 0 Å². The molecule has 156 valence electrons. The summed E-state index contributed by atoms with van der Waals surface area (Å²) in [5.74, 6) is 0.599. The van der Waals surface area contributed by atoms with E-state index in [0.29, 0.717) is 10.8 Å². The monoisotopic (exact) mass is 412 g/mol. The molecule has 1 heterocycles. The number of likely N-dealkylation sites (tertiary alicyclic amines) is 1. The van der Waals surface area contributed by atoms with E-state index in [1.165, 1.54) is 43.2 Å². The van der Waals surface area contributed by atoms with E-state index >= 15 is 0 Å². The van der Waals surface area contributed by atoms with Crippen LogP contribution in [0.5, 0.6) is 0 Å². The summed E-state index contributed by atoms with van der Waals surface area (Å²) >= 11 is 0. The van der Waals surface area contributed by atoms with Gasteiger partial charge in [-0.25, -0.2) is 13.1 Å². The van der Waals surface area contributed by atoms with E-state index in [-0.39, 0.29) is 6.04 Å². The first-order valence-corrected chi connectivity index (χ1v) is 12.5. The summed E-state index contributed by atoms with van der Waals surface area (Å²) in [6.07, 6.45) is 8.07. The van der Waals surface area contributed by atoms with Crippen molar-refractivity contribution in [1.29, 1.82) is 0 Å². The number of piperidine rings is 1. The van der Waals surface area contributed by atoms with Gasteiger partial charge in [0, 0.05) is 25.7 Å². The Morgan fingerprint density at radius 2 is 1.48 bits per heavy atom. The molecule has 1 saturated heterocycles. The second-order valence-corrected chi connectivity index (χ2v) is 10.3. The van der Waals surface area contributed by atoms with Gasteiger partial charge < -0.3 is 0 Å². The maximum Gasteiger partial charge on any atom is 0.240 e. The Hall–Kier alpha value is -1.69. The summed E-state index contributed by atoms with van der Waals surface area (Å²) in [5, 5.41) is 0. The van der Waals surface area contributed by atoms with Crippen LogP contribution in [-0.4, -0.2) is 32.4 Å². The maximum atomic E-state index is 12.8. The first-order valence-electron chi connectivity index (χ1n) is 11.0. The van der Waals surface area contributed by atoms with E-state index < -0.39 is 10.0 Å². The third-order valence-corrected chi connectivity index (χ3v) is 7.96. The van der Waals surface area contributed by atoms with Gasteiger partial charge in [-0.3, -0.25) is 4.90 Å². The SMILES string of the molecule is O=S(=O)(NC1CCN(Cc2ccccc2)CC1)c1ccc(C2CCCCC2)cc1. The molecule has 0 bridgehead atoms. The molecule has 2 aliphatic rings. The minimum absolute atomic E-state index is 0.0186. The number of rotatable bonds is 6. The van der Waals surface area contributed by atoms with Gasteiger partial charge in [0.05, 0.1) is 4.90 Å². The zero-order chi connectivity index (χ0) is 20.1. The van der Waals surface area contributed by atoms with Crippen molar-refractivity contribution in [2.24, 2.45) is 0 Å². The van der Waals surface area contributed by atoms with Gasteiger partial charge in [0.15, 0.2) is 0 Å². The van der Waals surface area contributed by atoms with Crippen molar-refractivity contribution < 1.29 is 8.42 Å². The lowest BCUT2D eigenvalue weighted by atomic mass is 9.84. The fourth-order valence-corrected chi connectivity index (χ4v) is 6.00. The molecule has 5 heteroatoms. The van der Waals surface area contributed by atoms with Crippen LogP contribution in [0.2, 0.25) is 0 Å². The van der Waals surface area contributed by atoms with Crippen molar-refractivity contribution in [3.05, 3.63) is 65.7 Å². The van der Waals surface area contributed by atoms with E-state index in [2.05, 4.69) is 33.9 Å². The van der Waals surface area contributed by atoms with Crippen LogP contribution in [0.1, 0.15) is 62.0 Å². The lowest BCUT2D eigenvalue weighted by Crippen LogP contribution is -2.44. The molecule has 2 aromatic rings. The first kappa shape index (κ1) is 20.6. The molecule has 0 aromatic heterocycles. The van der Waals surface area contributed by atoms with Crippen molar-refractivity contribution in [3.63, 3.8) is 0 Å². The van der Waals surface area contributed by atoms with Crippen LogP contribution >= 0.6 is 0 Å². The third kappa shape index (κ3) is 5.47. The first-order chi connectivity index (χ1) is 14.1. The molecule has 0 amide bonds. The molecule has 29 heavy (non-hydrogen) atoms. The fraction of sp³-hybridized carbons (Fsp3) is 0.500. The molecule has 2 fully saturated rings. The minimum atomic E-state index is -3.45. The quantitative estimate of drug-likeness (QED) is 0.750. The third-order valence-electron chi connectivity index (χ3n) is 6.43. The van der Waals surface area contributed by atoms with Crippen LogP contribution in [0.3, 0.4) is 0 Å². The Balaban J connectivity index is 1.31. The highest BCUT2D eigenvalue weighted by Gasteiger charge is 2.25. The number of hydrogen-bond acceptors (Lipinski definition) is 3. The summed E-state index contributed by atoms with van der Waals surface area (Å²) in [7, 11) is -3.45. The summed E-state index contributed by atoms with van der Waals surface area (Å²) in [4.78, 5) is 2.79. The number of nitrogens with one attached hydrogen (secondary N) is 1. The number of hydrogen-bond donors (Lipinski definition) is 1. The Labute approximate surface area is 175 Å². The van der Waals surface area contributed by atoms with Gasteiger partial charge in [-0.15, -0.1) is 0 Å². The average molecular weight is 413 g/mol. The number of nitrogens with zero attached hydrogens (tertiary/aromatic N) is 1. The highest BCUT2D eigenvalue weighted by molar-refractivity contribution is 7.89. The molecular weight excluding hydrogens is 380 g/mol. The molecule has 0 atom stereocenters. The molecule has 2 aromatic carbocycles. The van der Waals surface area contributed by atoms with E-state index in [4.69, 9.17) is 0 Å². The summed E-state index contributed by atoms with van der Waals surface area (Å²) in [6.45, 7) is 2.77. The largest absolute Gasteiger partial charge is 0.299 e. The van der Waals surface area contributed by atoms with Gasteiger partial charge in [-0.1, -0.05) is 61.7 Å². The topological polar surface area (TPSA) is 49.4 Å². The van der Waals surface area contributed by atoms with E-state index in [1.807, 2.05) is 18.2 Å². The predicted octanol–water partition coefficient (Wildman–Crippen LogP) is 4.68. The van der Waals surface area contributed by atoms with E-state index in [9.17, 15) is 8.42 Å². The summed E-state index contributed by atoms with van der Waals surface area (Å²) in [5.41, 5.74) is 2.60.